The van der Waals surface area contributed by atoms with Crippen LogP contribution >= 0.6 is 12.2 Å². The van der Waals surface area contributed by atoms with Crippen LogP contribution < -0.4 is 0 Å². The Morgan fingerprint density at radius 3 is 2.92 bits per heavy atom. The highest BCUT2D eigenvalue weighted by atomic mass is 32.1. The molecule has 2 aliphatic heterocycles. The van der Waals surface area contributed by atoms with Crippen LogP contribution in [0.3, 0.4) is 0 Å². The zero-order valence-electron chi connectivity index (χ0n) is 13.5. The fourth-order valence-electron chi connectivity index (χ4n) is 3.79. The molecule has 1 N–H and O–H groups in total. The quantitative estimate of drug-likeness (QED) is 0.852. The molecule has 2 unspecified atom stereocenters. The summed E-state index contributed by atoms with van der Waals surface area (Å²) in [6.07, 6.45) is 5.21. The molecular weight excluding hydrogens is 322 g/mol. The third-order valence-electron chi connectivity index (χ3n) is 5.01. The average molecular weight is 343 g/mol. The van der Waals surface area contributed by atoms with Crippen molar-refractivity contribution in [2.45, 2.75) is 25.4 Å². The zero-order chi connectivity index (χ0) is 16.5. The van der Waals surface area contributed by atoms with Crippen LogP contribution in [0.15, 0.2) is 36.5 Å². The number of H-pyrrole nitrogens is 1. The van der Waals surface area contributed by atoms with Crippen LogP contribution in [0, 0.1) is 10.7 Å². The van der Waals surface area contributed by atoms with Crippen LogP contribution in [0.2, 0.25) is 0 Å². The van der Waals surface area contributed by atoms with E-state index in [2.05, 4.69) is 4.98 Å². The number of rotatable bonds is 2. The topological polar surface area (TPSA) is 50.3 Å². The van der Waals surface area contributed by atoms with E-state index >= 15 is 0 Å². The molecule has 0 saturated carbocycles. The predicted molar refractivity (Wildman–Crippen MR) is 93.9 cm³/mol. The number of para-hydroxylation sites is 1. The first kappa shape index (κ1) is 15.6. The second kappa shape index (κ2) is 6.53. The fraction of sp³-hybridized carbons (Fsp3) is 0.444. The number of nitrogens with zero attached hydrogens (tertiary/aromatic N) is 2. The van der Waals surface area contributed by atoms with Crippen molar-refractivity contribution in [3.63, 3.8) is 0 Å². The molecule has 1 amide bonds. The second-order valence-corrected chi connectivity index (χ2v) is 6.89. The third kappa shape index (κ3) is 2.80. The molecule has 126 valence electrons. The summed E-state index contributed by atoms with van der Waals surface area (Å²) in [4.78, 5) is 18.0. The first-order valence-corrected chi connectivity index (χ1v) is 8.91. The van der Waals surface area contributed by atoms with Crippen molar-refractivity contribution in [2.24, 2.45) is 5.92 Å². The van der Waals surface area contributed by atoms with Crippen LogP contribution in [-0.2, 0) is 4.74 Å². The number of benzene rings is 1. The highest BCUT2D eigenvalue weighted by Crippen LogP contribution is 2.29. The van der Waals surface area contributed by atoms with Gasteiger partial charge >= 0.3 is 0 Å². The Kier molecular flexibility index (Phi) is 4.24. The predicted octanol–water partition coefficient (Wildman–Crippen LogP) is 3.18. The number of likely N-dealkylation sites (tertiary alicyclic amines) is 1. The standard InChI is InChI=1S/C18H21N3O2S/c22-17(20-9-8-16-13(12-20)5-4-10-23-16)15-11-19-18(24)21(15)14-6-2-1-3-7-14/h1-3,6-7,11,13,16H,4-5,8-10,12H2,(H,19,24). The number of nitrogens with one attached hydrogen (secondary N) is 1. The molecule has 5 nitrogen and oxygen atoms in total. The van der Waals surface area contributed by atoms with Gasteiger partial charge in [-0.3, -0.25) is 9.36 Å². The molecule has 6 heteroatoms. The molecule has 2 atom stereocenters. The Bertz CT molecular complexity index is 783. The molecular formula is C18H21N3O2S. The van der Waals surface area contributed by atoms with Crippen LogP contribution in [0.4, 0.5) is 0 Å². The van der Waals surface area contributed by atoms with Crippen molar-refractivity contribution >= 4 is 18.1 Å². The first-order valence-electron chi connectivity index (χ1n) is 8.51. The maximum atomic E-state index is 13.1. The molecule has 0 radical (unpaired) electrons. The SMILES string of the molecule is O=C(c1c[nH]c(=S)n1-c1ccccc1)N1CCC2OCCCC2C1. The first-order chi connectivity index (χ1) is 11.7. The van der Waals surface area contributed by atoms with Crippen molar-refractivity contribution < 1.29 is 9.53 Å². The minimum absolute atomic E-state index is 0.0372. The summed E-state index contributed by atoms with van der Waals surface area (Å²) >= 11 is 5.38. The summed E-state index contributed by atoms with van der Waals surface area (Å²) in [5.41, 5.74) is 1.50. The molecule has 2 aliphatic rings. The second-order valence-electron chi connectivity index (χ2n) is 6.50. The molecule has 0 spiro atoms. The Balaban J connectivity index is 1.61. The Labute approximate surface area is 146 Å². The summed E-state index contributed by atoms with van der Waals surface area (Å²) < 4.78 is 8.21. The molecule has 0 bridgehead atoms. The van der Waals surface area contributed by atoms with E-state index < -0.39 is 0 Å². The van der Waals surface area contributed by atoms with Gasteiger partial charge in [0.25, 0.3) is 5.91 Å². The number of ether oxygens (including phenoxy) is 1. The van der Waals surface area contributed by atoms with Crippen molar-refractivity contribution in [2.75, 3.05) is 19.7 Å². The summed E-state index contributed by atoms with van der Waals surface area (Å²) in [6.45, 7) is 2.38. The minimum atomic E-state index is 0.0372. The van der Waals surface area contributed by atoms with Gasteiger partial charge in [-0.15, -0.1) is 0 Å². The number of amides is 1. The van der Waals surface area contributed by atoms with E-state index in [1.165, 1.54) is 0 Å². The van der Waals surface area contributed by atoms with E-state index in [-0.39, 0.29) is 5.91 Å². The van der Waals surface area contributed by atoms with Crippen molar-refractivity contribution in [3.8, 4) is 5.69 Å². The minimum Gasteiger partial charge on any atom is -0.378 e. The van der Waals surface area contributed by atoms with Gasteiger partial charge in [0.05, 0.1) is 6.10 Å². The smallest absolute Gasteiger partial charge is 0.272 e. The molecule has 2 fully saturated rings. The maximum Gasteiger partial charge on any atom is 0.272 e. The Morgan fingerprint density at radius 2 is 2.08 bits per heavy atom. The number of fused-ring (bicyclic) bond motifs is 1. The van der Waals surface area contributed by atoms with Gasteiger partial charge in [0, 0.05) is 37.5 Å². The van der Waals surface area contributed by atoms with E-state index in [4.69, 9.17) is 17.0 Å². The number of aromatic nitrogens is 2. The summed E-state index contributed by atoms with van der Waals surface area (Å²) in [5.74, 6) is 0.499. The lowest BCUT2D eigenvalue weighted by molar-refractivity contribution is -0.0607. The number of piperidine rings is 1. The molecule has 24 heavy (non-hydrogen) atoms. The number of hydrogen-bond donors (Lipinski definition) is 1. The molecule has 2 aromatic rings. The monoisotopic (exact) mass is 343 g/mol. The van der Waals surface area contributed by atoms with Gasteiger partial charge in [0.2, 0.25) is 0 Å². The number of carbonyl (C=O) groups is 1. The van der Waals surface area contributed by atoms with Crippen LogP contribution in [0.25, 0.3) is 5.69 Å². The molecule has 0 aliphatic carbocycles. The van der Waals surface area contributed by atoms with Crippen LogP contribution in [0.5, 0.6) is 0 Å². The number of aromatic amines is 1. The van der Waals surface area contributed by atoms with E-state index in [0.717, 1.165) is 44.6 Å². The lowest BCUT2D eigenvalue weighted by Gasteiger charge is -2.41. The van der Waals surface area contributed by atoms with Crippen LogP contribution in [-0.4, -0.2) is 46.2 Å². The number of carbonyl (C=O) groups excluding carboxylic acids is 1. The highest BCUT2D eigenvalue weighted by molar-refractivity contribution is 7.71. The lowest BCUT2D eigenvalue weighted by atomic mass is 9.88. The molecule has 3 heterocycles. The average Bonchev–Trinajstić information content (AvgIpc) is 3.03. The maximum absolute atomic E-state index is 13.1. The molecule has 4 rings (SSSR count). The zero-order valence-corrected chi connectivity index (χ0v) is 14.3. The number of imidazole rings is 1. The molecule has 1 aromatic carbocycles. The highest BCUT2D eigenvalue weighted by Gasteiger charge is 2.35. The third-order valence-corrected chi connectivity index (χ3v) is 5.31. The van der Waals surface area contributed by atoms with Gasteiger partial charge < -0.3 is 14.6 Å². The Hall–Kier alpha value is -1.92. The molecule has 1 aromatic heterocycles. The summed E-state index contributed by atoms with van der Waals surface area (Å²) in [7, 11) is 0. The van der Waals surface area contributed by atoms with Gasteiger partial charge in [-0.1, -0.05) is 18.2 Å². The van der Waals surface area contributed by atoms with E-state index in [1.807, 2.05) is 39.8 Å². The van der Waals surface area contributed by atoms with Gasteiger partial charge in [0.15, 0.2) is 4.77 Å². The van der Waals surface area contributed by atoms with Crippen molar-refractivity contribution in [1.29, 1.82) is 0 Å². The van der Waals surface area contributed by atoms with Crippen molar-refractivity contribution in [3.05, 3.63) is 47.0 Å². The fourth-order valence-corrected chi connectivity index (χ4v) is 4.06. The molecule has 2 saturated heterocycles. The largest absolute Gasteiger partial charge is 0.378 e. The van der Waals surface area contributed by atoms with E-state index in [0.29, 0.717) is 22.5 Å². The normalized spacial score (nSPS) is 23.8. The lowest BCUT2D eigenvalue weighted by Crippen LogP contribution is -2.48. The van der Waals surface area contributed by atoms with Gasteiger partial charge in [-0.05, 0) is 43.6 Å². The summed E-state index contributed by atoms with van der Waals surface area (Å²) in [5, 5.41) is 0. The van der Waals surface area contributed by atoms with Gasteiger partial charge in [-0.2, -0.15) is 0 Å². The van der Waals surface area contributed by atoms with E-state index in [1.54, 1.807) is 6.20 Å². The van der Waals surface area contributed by atoms with Gasteiger partial charge in [0.1, 0.15) is 5.69 Å². The summed E-state index contributed by atoms with van der Waals surface area (Å²) in [6, 6.07) is 9.77. The van der Waals surface area contributed by atoms with Crippen LogP contribution in [0.1, 0.15) is 29.8 Å². The number of hydrogen-bond acceptors (Lipinski definition) is 3. The van der Waals surface area contributed by atoms with Gasteiger partial charge in [-0.25, -0.2) is 0 Å². The van der Waals surface area contributed by atoms with E-state index in [9.17, 15) is 4.79 Å². The Morgan fingerprint density at radius 1 is 1.25 bits per heavy atom. The van der Waals surface area contributed by atoms with Crippen molar-refractivity contribution in [1.82, 2.24) is 14.5 Å².